The minimum absolute atomic E-state index is 0.0949. The molecule has 0 fully saturated rings. The van der Waals surface area contributed by atoms with E-state index >= 15 is 0 Å². The molecule has 21 heavy (non-hydrogen) atoms. The Hall–Kier alpha value is -0.130. The molecular weight excluding hydrogens is 286 g/mol. The van der Waals surface area contributed by atoms with Crippen LogP contribution in [-0.4, -0.2) is 49.4 Å². The molecule has 128 valence electrons. The van der Waals surface area contributed by atoms with E-state index in [1.807, 2.05) is 0 Å². The highest BCUT2D eigenvalue weighted by Gasteiger charge is 2.25. The Kier molecular flexibility index (Phi) is 11.4. The van der Waals surface area contributed by atoms with Gasteiger partial charge in [-0.3, -0.25) is 4.55 Å². The summed E-state index contributed by atoms with van der Waals surface area (Å²) in [7, 11) is -3.80. The largest absolute Gasteiger partial charge is 0.324 e. The van der Waals surface area contributed by atoms with Gasteiger partial charge >= 0.3 is 0 Å². The van der Waals surface area contributed by atoms with Crippen LogP contribution < -0.4 is 0 Å². The van der Waals surface area contributed by atoms with Crippen molar-refractivity contribution in [2.75, 3.05) is 31.9 Å². The van der Waals surface area contributed by atoms with Gasteiger partial charge in [0.25, 0.3) is 10.1 Å². The molecule has 0 bridgehead atoms. The first-order chi connectivity index (χ1) is 9.89. The van der Waals surface area contributed by atoms with Crippen molar-refractivity contribution in [3.05, 3.63) is 0 Å². The SMILES string of the molecule is CCCC[N+](CCCC)(CCCC)CCCCS(=O)(=O)O. The molecule has 0 aliphatic carbocycles. The number of nitrogens with zero attached hydrogens (tertiary/aromatic N) is 1. The van der Waals surface area contributed by atoms with Gasteiger partial charge in [-0.25, -0.2) is 0 Å². The molecule has 0 atom stereocenters. The van der Waals surface area contributed by atoms with Gasteiger partial charge in [0.05, 0.1) is 31.9 Å². The van der Waals surface area contributed by atoms with E-state index in [0.29, 0.717) is 6.42 Å². The van der Waals surface area contributed by atoms with Gasteiger partial charge in [-0.05, 0) is 32.1 Å². The summed E-state index contributed by atoms with van der Waals surface area (Å²) in [6.45, 7) is 11.4. The third-order valence-corrected chi connectivity index (χ3v) is 5.05. The average Bonchev–Trinajstić information content (AvgIpc) is 2.43. The number of quaternary nitrogens is 1. The maximum absolute atomic E-state index is 10.8. The highest BCUT2D eigenvalue weighted by molar-refractivity contribution is 7.85. The molecular formula is C16H36NO3S+. The summed E-state index contributed by atoms with van der Waals surface area (Å²) < 4.78 is 31.6. The molecule has 0 aliphatic rings. The van der Waals surface area contributed by atoms with Crippen molar-refractivity contribution < 1.29 is 17.5 Å². The van der Waals surface area contributed by atoms with Crippen molar-refractivity contribution in [1.29, 1.82) is 0 Å². The van der Waals surface area contributed by atoms with Crippen LogP contribution in [0.25, 0.3) is 0 Å². The Bertz CT molecular complexity index is 320. The summed E-state index contributed by atoms with van der Waals surface area (Å²) in [5.74, 6) is -0.0949. The predicted octanol–water partition coefficient (Wildman–Crippen LogP) is 3.87. The second-order valence-electron chi connectivity index (χ2n) is 6.29. The highest BCUT2D eigenvalue weighted by atomic mass is 32.2. The molecule has 5 heteroatoms. The average molecular weight is 323 g/mol. The maximum atomic E-state index is 10.8. The van der Waals surface area contributed by atoms with Crippen LogP contribution in [0.5, 0.6) is 0 Å². The molecule has 0 amide bonds. The summed E-state index contributed by atoms with van der Waals surface area (Å²) in [4.78, 5) is 0. The molecule has 0 saturated heterocycles. The normalized spacial score (nSPS) is 12.8. The van der Waals surface area contributed by atoms with Crippen LogP contribution in [0.1, 0.15) is 72.1 Å². The molecule has 0 aromatic rings. The van der Waals surface area contributed by atoms with Gasteiger partial charge in [0, 0.05) is 0 Å². The van der Waals surface area contributed by atoms with Crippen molar-refractivity contribution in [1.82, 2.24) is 0 Å². The van der Waals surface area contributed by atoms with Gasteiger partial charge in [-0.1, -0.05) is 40.0 Å². The number of hydrogen-bond acceptors (Lipinski definition) is 2. The van der Waals surface area contributed by atoms with Gasteiger partial charge in [-0.2, -0.15) is 8.42 Å². The van der Waals surface area contributed by atoms with Crippen molar-refractivity contribution >= 4 is 10.1 Å². The fourth-order valence-corrected chi connectivity index (χ4v) is 3.45. The van der Waals surface area contributed by atoms with Crippen LogP contribution >= 0.6 is 0 Å². The lowest BCUT2D eigenvalue weighted by Crippen LogP contribution is -2.50. The molecule has 0 aromatic heterocycles. The van der Waals surface area contributed by atoms with Crippen molar-refractivity contribution in [2.24, 2.45) is 0 Å². The Labute approximate surface area is 132 Å². The zero-order valence-electron chi connectivity index (χ0n) is 14.3. The minimum Gasteiger partial charge on any atom is -0.324 e. The van der Waals surface area contributed by atoms with E-state index < -0.39 is 10.1 Å². The van der Waals surface area contributed by atoms with E-state index in [-0.39, 0.29) is 5.75 Å². The molecule has 0 saturated carbocycles. The van der Waals surface area contributed by atoms with Crippen molar-refractivity contribution in [2.45, 2.75) is 72.1 Å². The van der Waals surface area contributed by atoms with Gasteiger partial charge < -0.3 is 4.48 Å². The van der Waals surface area contributed by atoms with E-state index in [2.05, 4.69) is 20.8 Å². The lowest BCUT2D eigenvalue weighted by Gasteiger charge is -2.39. The first kappa shape index (κ1) is 20.9. The summed E-state index contributed by atoms with van der Waals surface area (Å²) in [5.41, 5.74) is 0. The Morgan fingerprint density at radius 3 is 1.43 bits per heavy atom. The molecule has 1 N–H and O–H groups in total. The number of unbranched alkanes of at least 4 members (excludes halogenated alkanes) is 4. The van der Waals surface area contributed by atoms with Gasteiger partial charge in [0.15, 0.2) is 0 Å². The molecule has 0 aliphatic heterocycles. The van der Waals surface area contributed by atoms with Crippen LogP contribution in [-0.2, 0) is 10.1 Å². The van der Waals surface area contributed by atoms with Gasteiger partial charge in [-0.15, -0.1) is 0 Å². The van der Waals surface area contributed by atoms with Gasteiger partial charge in [0.2, 0.25) is 0 Å². The standard InChI is InChI=1S/C16H35NO3S/c1-4-7-12-17(13-8-5-2,14-9-6-3)15-10-11-16-21(18,19)20/h4-16H2,1-3H3/p+1. The third kappa shape index (κ3) is 11.1. The summed E-state index contributed by atoms with van der Waals surface area (Å²) in [5, 5.41) is 0. The molecule has 0 heterocycles. The number of rotatable bonds is 14. The topological polar surface area (TPSA) is 54.4 Å². The summed E-state index contributed by atoms with van der Waals surface area (Å²) in [6.07, 6.45) is 8.82. The summed E-state index contributed by atoms with van der Waals surface area (Å²) in [6, 6.07) is 0. The first-order valence-electron chi connectivity index (χ1n) is 8.69. The van der Waals surface area contributed by atoms with Crippen molar-refractivity contribution in [3.63, 3.8) is 0 Å². The van der Waals surface area contributed by atoms with Crippen LogP contribution in [0.4, 0.5) is 0 Å². The smallest absolute Gasteiger partial charge is 0.264 e. The minimum atomic E-state index is -3.80. The van der Waals surface area contributed by atoms with Crippen LogP contribution in [0, 0.1) is 0 Å². The molecule has 0 radical (unpaired) electrons. The molecule has 0 unspecified atom stereocenters. The van der Waals surface area contributed by atoms with E-state index in [1.54, 1.807) is 0 Å². The quantitative estimate of drug-likeness (QED) is 0.300. The van der Waals surface area contributed by atoms with Crippen molar-refractivity contribution in [3.8, 4) is 0 Å². The molecule has 0 spiro atoms. The van der Waals surface area contributed by atoms with E-state index in [1.165, 1.54) is 58.2 Å². The monoisotopic (exact) mass is 322 g/mol. The fourth-order valence-electron chi connectivity index (χ4n) is 2.88. The Morgan fingerprint density at radius 1 is 0.714 bits per heavy atom. The van der Waals surface area contributed by atoms with Crippen LogP contribution in [0.15, 0.2) is 0 Å². The number of hydrogen-bond donors (Lipinski definition) is 1. The van der Waals surface area contributed by atoms with Crippen LogP contribution in [0.3, 0.4) is 0 Å². The zero-order valence-corrected chi connectivity index (χ0v) is 15.1. The molecule has 0 rings (SSSR count). The lowest BCUT2D eigenvalue weighted by molar-refractivity contribution is -0.929. The second kappa shape index (κ2) is 11.4. The summed E-state index contributed by atoms with van der Waals surface area (Å²) >= 11 is 0. The highest BCUT2D eigenvalue weighted by Crippen LogP contribution is 2.16. The van der Waals surface area contributed by atoms with E-state index in [0.717, 1.165) is 17.4 Å². The second-order valence-corrected chi connectivity index (χ2v) is 7.86. The zero-order chi connectivity index (χ0) is 16.2. The Morgan fingerprint density at radius 2 is 1.10 bits per heavy atom. The van der Waals surface area contributed by atoms with E-state index in [9.17, 15) is 8.42 Å². The first-order valence-corrected chi connectivity index (χ1v) is 10.3. The molecule has 4 nitrogen and oxygen atoms in total. The third-order valence-electron chi connectivity index (χ3n) is 4.24. The maximum Gasteiger partial charge on any atom is 0.264 e. The molecule has 0 aromatic carbocycles. The van der Waals surface area contributed by atoms with Gasteiger partial charge in [0.1, 0.15) is 0 Å². The predicted molar refractivity (Wildman–Crippen MR) is 90.1 cm³/mol. The van der Waals surface area contributed by atoms with Crippen LogP contribution in [0.2, 0.25) is 0 Å². The Balaban J connectivity index is 4.54. The lowest BCUT2D eigenvalue weighted by atomic mass is 10.1. The fraction of sp³-hybridized carbons (Fsp3) is 1.00. The van der Waals surface area contributed by atoms with E-state index in [4.69, 9.17) is 4.55 Å².